The lowest BCUT2D eigenvalue weighted by Crippen LogP contribution is -2.41. The van der Waals surface area contributed by atoms with Gasteiger partial charge in [0, 0.05) is 18.7 Å². The maximum Gasteiger partial charge on any atom is 0.492 e. The number of carbonyl (C=O) groups excluding carboxylic acids is 1. The second kappa shape index (κ2) is 9.86. The topological polar surface area (TPSA) is 82.8 Å². The first-order valence-corrected chi connectivity index (χ1v) is 10.6. The Kier molecular flexibility index (Phi) is 7.38. The molecular formula is C24H30BFN2O4. The summed E-state index contributed by atoms with van der Waals surface area (Å²) in [5, 5.41) is 2.72. The molecule has 32 heavy (non-hydrogen) atoms. The average Bonchev–Trinajstić information content (AvgIpc) is 2.98. The molecule has 1 saturated heterocycles. The van der Waals surface area contributed by atoms with E-state index in [9.17, 15) is 9.18 Å². The van der Waals surface area contributed by atoms with Crippen LogP contribution in [-0.4, -0.2) is 31.0 Å². The zero-order valence-electron chi connectivity index (χ0n) is 19.0. The van der Waals surface area contributed by atoms with E-state index in [0.717, 1.165) is 11.1 Å². The third-order valence-electron chi connectivity index (χ3n) is 5.84. The highest BCUT2D eigenvalue weighted by Crippen LogP contribution is 2.38. The molecule has 0 aromatic heterocycles. The van der Waals surface area contributed by atoms with E-state index in [1.807, 2.05) is 58.0 Å². The van der Waals surface area contributed by atoms with Crippen LogP contribution in [0.4, 0.5) is 9.18 Å². The fraction of sp³-hybridized carbons (Fsp3) is 0.375. The Labute approximate surface area is 189 Å². The van der Waals surface area contributed by atoms with Crippen LogP contribution in [0.2, 0.25) is 0 Å². The summed E-state index contributed by atoms with van der Waals surface area (Å²) in [7, 11) is -0.754. The van der Waals surface area contributed by atoms with Gasteiger partial charge in [0.15, 0.2) is 0 Å². The maximum absolute atomic E-state index is 14.5. The third-order valence-corrected chi connectivity index (χ3v) is 5.84. The molecule has 170 valence electrons. The number of benzene rings is 2. The van der Waals surface area contributed by atoms with Crippen molar-refractivity contribution in [3.05, 3.63) is 76.5 Å². The molecule has 3 rings (SSSR count). The van der Waals surface area contributed by atoms with Crippen molar-refractivity contribution in [3.8, 4) is 0 Å². The second-order valence-electron chi connectivity index (χ2n) is 8.78. The number of carbonyl (C=O) groups is 1. The lowest BCUT2D eigenvalue weighted by Gasteiger charge is -2.32. The summed E-state index contributed by atoms with van der Waals surface area (Å²) in [6.45, 7) is 8.23. The predicted octanol–water partition coefficient (Wildman–Crippen LogP) is 4.23. The van der Waals surface area contributed by atoms with E-state index < -0.39 is 30.2 Å². The van der Waals surface area contributed by atoms with Crippen LogP contribution in [0.3, 0.4) is 0 Å². The van der Waals surface area contributed by atoms with Gasteiger partial charge >= 0.3 is 13.2 Å². The standard InChI is InChI=1S/C24H30BFN2O4/c1-23(2)24(3,4)32-25(31-23)20(13-19-12-18(14-27)10-11-21(19)26)15-28-22(29)30-16-17-8-6-5-7-9-17/h5-13H,14-16,27H2,1-4H3,(H,28,29). The van der Waals surface area contributed by atoms with Crippen molar-refractivity contribution in [1.82, 2.24) is 5.32 Å². The summed E-state index contributed by atoms with van der Waals surface area (Å²) in [6.07, 6.45) is 1.04. The molecule has 1 aliphatic heterocycles. The van der Waals surface area contributed by atoms with E-state index >= 15 is 0 Å². The third kappa shape index (κ3) is 5.76. The molecule has 1 heterocycles. The Morgan fingerprint density at radius 1 is 1.09 bits per heavy atom. The Bertz CT molecular complexity index is 963. The molecular weight excluding hydrogens is 410 g/mol. The largest absolute Gasteiger partial charge is 0.492 e. The number of nitrogens with one attached hydrogen (secondary N) is 1. The molecule has 1 aliphatic rings. The van der Waals surface area contributed by atoms with E-state index in [-0.39, 0.29) is 19.7 Å². The van der Waals surface area contributed by atoms with Crippen LogP contribution in [0.1, 0.15) is 44.4 Å². The molecule has 6 nitrogen and oxygen atoms in total. The molecule has 0 saturated carbocycles. The Morgan fingerprint density at radius 3 is 2.38 bits per heavy atom. The van der Waals surface area contributed by atoms with Crippen LogP contribution in [0, 0.1) is 5.82 Å². The summed E-state index contributed by atoms with van der Waals surface area (Å²) in [6, 6.07) is 14.1. The van der Waals surface area contributed by atoms with E-state index in [1.54, 1.807) is 18.2 Å². The number of nitrogens with two attached hydrogens (primary N) is 1. The van der Waals surface area contributed by atoms with Gasteiger partial charge in [0.2, 0.25) is 0 Å². The lowest BCUT2D eigenvalue weighted by molar-refractivity contribution is 0.00578. The van der Waals surface area contributed by atoms with E-state index in [1.165, 1.54) is 6.07 Å². The number of halogens is 1. The van der Waals surface area contributed by atoms with E-state index in [2.05, 4.69) is 5.32 Å². The van der Waals surface area contributed by atoms with Gasteiger partial charge in [-0.25, -0.2) is 9.18 Å². The van der Waals surface area contributed by atoms with Crippen LogP contribution in [-0.2, 0) is 27.2 Å². The molecule has 2 aromatic rings. The highest BCUT2D eigenvalue weighted by atomic mass is 19.1. The van der Waals surface area contributed by atoms with Gasteiger partial charge in [-0.05, 0) is 56.4 Å². The van der Waals surface area contributed by atoms with Crippen LogP contribution >= 0.6 is 0 Å². The Balaban J connectivity index is 1.77. The number of alkyl carbamates (subject to hydrolysis) is 1. The van der Waals surface area contributed by atoms with Gasteiger partial charge in [-0.15, -0.1) is 0 Å². The molecule has 0 bridgehead atoms. The first kappa shape index (κ1) is 24.0. The number of hydrogen-bond acceptors (Lipinski definition) is 5. The molecule has 2 aromatic carbocycles. The average molecular weight is 440 g/mol. The van der Waals surface area contributed by atoms with Crippen molar-refractivity contribution >= 4 is 19.3 Å². The molecule has 0 spiro atoms. The van der Waals surface area contributed by atoms with Crippen molar-refractivity contribution in [2.24, 2.45) is 5.73 Å². The Morgan fingerprint density at radius 2 is 1.75 bits per heavy atom. The van der Waals surface area contributed by atoms with Crippen molar-refractivity contribution < 1.29 is 23.2 Å². The zero-order valence-corrected chi connectivity index (χ0v) is 19.0. The molecule has 3 N–H and O–H groups in total. The molecule has 0 unspecified atom stereocenters. The fourth-order valence-electron chi connectivity index (χ4n) is 3.18. The van der Waals surface area contributed by atoms with Crippen LogP contribution < -0.4 is 11.1 Å². The minimum absolute atomic E-state index is 0.0662. The monoisotopic (exact) mass is 440 g/mol. The summed E-state index contributed by atoms with van der Waals surface area (Å²) >= 11 is 0. The first-order valence-electron chi connectivity index (χ1n) is 10.6. The van der Waals surface area contributed by atoms with Crippen molar-refractivity contribution in [2.75, 3.05) is 6.54 Å². The maximum atomic E-state index is 14.5. The quantitative estimate of drug-likeness (QED) is 0.630. The summed E-state index contributed by atoms with van der Waals surface area (Å²) in [5.41, 5.74) is 7.12. The fourth-order valence-corrected chi connectivity index (χ4v) is 3.18. The van der Waals surface area contributed by atoms with Gasteiger partial charge < -0.3 is 25.1 Å². The minimum atomic E-state index is -0.754. The van der Waals surface area contributed by atoms with Gasteiger partial charge in [-0.3, -0.25) is 0 Å². The minimum Gasteiger partial charge on any atom is -0.445 e. The normalized spacial score (nSPS) is 17.3. The number of rotatable bonds is 7. The Hall–Kier alpha value is -2.68. The van der Waals surface area contributed by atoms with Gasteiger partial charge in [-0.2, -0.15) is 0 Å². The van der Waals surface area contributed by atoms with Gasteiger partial charge in [0.05, 0.1) is 11.2 Å². The summed E-state index contributed by atoms with van der Waals surface area (Å²) < 4.78 is 32.0. The molecule has 1 fully saturated rings. The zero-order chi connectivity index (χ0) is 23.4. The first-order chi connectivity index (χ1) is 15.1. The highest BCUT2D eigenvalue weighted by Gasteiger charge is 2.52. The number of amides is 1. The van der Waals surface area contributed by atoms with Gasteiger partial charge in [0.1, 0.15) is 12.4 Å². The molecule has 1 amide bonds. The van der Waals surface area contributed by atoms with Crippen LogP contribution in [0.25, 0.3) is 6.08 Å². The molecule has 0 atom stereocenters. The SMILES string of the molecule is CC1(C)OB(C(=Cc2cc(CN)ccc2F)CNC(=O)OCc2ccccc2)OC1(C)C. The smallest absolute Gasteiger partial charge is 0.445 e. The molecule has 8 heteroatoms. The van der Waals surface area contributed by atoms with Gasteiger partial charge in [0.25, 0.3) is 0 Å². The van der Waals surface area contributed by atoms with E-state index in [0.29, 0.717) is 11.0 Å². The highest BCUT2D eigenvalue weighted by molar-refractivity contribution is 6.56. The second-order valence-corrected chi connectivity index (χ2v) is 8.78. The van der Waals surface area contributed by atoms with Crippen LogP contribution in [0.15, 0.2) is 54.0 Å². The molecule has 0 radical (unpaired) electrons. The summed E-state index contributed by atoms with van der Waals surface area (Å²) in [4.78, 5) is 12.3. The lowest BCUT2D eigenvalue weighted by atomic mass is 9.77. The number of hydrogen-bond donors (Lipinski definition) is 2. The van der Waals surface area contributed by atoms with Crippen LogP contribution in [0.5, 0.6) is 0 Å². The van der Waals surface area contributed by atoms with Crippen molar-refractivity contribution in [2.45, 2.75) is 52.0 Å². The summed E-state index contributed by atoms with van der Waals surface area (Å²) in [5.74, 6) is -0.400. The number of ether oxygens (including phenoxy) is 1. The van der Waals surface area contributed by atoms with Crippen molar-refractivity contribution in [1.29, 1.82) is 0 Å². The van der Waals surface area contributed by atoms with Crippen molar-refractivity contribution in [3.63, 3.8) is 0 Å². The van der Waals surface area contributed by atoms with Gasteiger partial charge in [-0.1, -0.05) is 42.5 Å². The van der Waals surface area contributed by atoms with E-state index in [4.69, 9.17) is 19.8 Å². The molecule has 0 aliphatic carbocycles. The predicted molar refractivity (Wildman–Crippen MR) is 123 cm³/mol.